The van der Waals surface area contributed by atoms with Crippen LogP contribution < -0.4 is 4.74 Å². The van der Waals surface area contributed by atoms with Crippen molar-refractivity contribution in [1.29, 1.82) is 0 Å². The Morgan fingerprint density at radius 1 is 0.720 bits per heavy atom. The monoisotopic (exact) mass is 360 g/mol. The molecule has 0 spiro atoms. The molecule has 0 radical (unpaired) electrons. The van der Waals surface area contributed by atoms with Gasteiger partial charge in [-0.05, 0) is 41.0 Å². The quantitative estimate of drug-likeness (QED) is 0.260. The van der Waals surface area contributed by atoms with Crippen LogP contribution in [0.1, 0.15) is 76.7 Å². The van der Waals surface area contributed by atoms with Gasteiger partial charge in [-0.15, -0.1) is 11.6 Å². The predicted molar refractivity (Wildman–Crippen MR) is 111 cm³/mol. The number of rotatable bonds is 13. The van der Waals surface area contributed by atoms with Gasteiger partial charge in [0.2, 0.25) is 0 Å². The summed E-state index contributed by atoms with van der Waals surface area (Å²) >= 11 is 5.89. The first-order chi connectivity index (χ1) is 12.3. The topological polar surface area (TPSA) is 9.23 Å². The first-order valence-corrected chi connectivity index (χ1v) is 10.6. The smallest absolute Gasteiger partial charge is 0.119 e. The predicted octanol–water partition coefficient (Wildman–Crippen LogP) is 7.88. The van der Waals surface area contributed by atoms with Crippen molar-refractivity contribution in [2.24, 2.45) is 0 Å². The molecule has 0 fully saturated rings. The van der Waals surface area contributed by atoms with E-state index < -0.39 is 0 Å². The molecule has 0 saturated heterocycles. The summed E-state index contributed by atoms with van der Waals surface area (Å²) in [5.74, 6) is 1.54. The van der Waals surface area contributed by atoms with Crippen LogP contribution in [-0.2, 0) is 5.88 Å². The molecule has 0 aliphatic rings. The molecule has 0 saturated carbocycles. The maximum absolute atomic E-state index is 5.92. The second kappa shape index (κ2) is 12.2. The zero-order valence-electron chi connectivity index (χ0n) is 15.7. The molecule has 1 nitrogen and oxygen atoms in total. The molecule has 2 aromatic rings. The van der Waals surface area contributed by atoms with Crippen molar-refractivity contribution in [2.75, 3.05) is 6.61 Å². The Labute approximate surface area is 158 Å². The summed E-state index contributed by atoms with van der Waals surface area (Å²) in [6, 6.07) is 12.7. The van der Waals surface area contributed by atoms with E-state index in [-0.39, 0.29) is 0 Å². The molecule has 2 heteroatoms. The van der Waals surface area contributed by atoms with Gasteiger partial charge < -0.3 is 4.74 Å². The summed E-state index contributed by atoms with van der Waals surface area (Å²) in [5, 5.41) is 2.44. The molecule has 138 valence electrons. The van der Waals surface area contributed by atoms with Gasteiger partial charge in [-0.2, -0.15) is 0 Å². The minimum Gasteiger partial charge on any atom is -0.494 e. The van der Waals surface area contributed by atoms with Gasteiger partial charge in [-0.3, -0.25) is 0 Å². The summed E-state index contributed by atoms with van der Waals surface area (Å²) in [7, 11) is 0. The van der Waals surface area contributed by atoms with Crippen molar-refractivity contribution in [1.82, 2.24) is 0 Å². The Morgan fingerprint density at radius 2 is 1.32 bits per heavy atom. The lowest BCUT2D eigenvalue weighted by Gasteiger charge is -2.08. The number of hydrogen-bond donors (Lipinski definition) is 0. The summed E-state index contributed by atoms with van der Waals surface area (Å²) < 4.78 is 5.92. The Bertz CT molecular complexity index is 608. The van der Waals surface area contributed by atoms with Gasteiger partial charge in [0.25, 0.3) is 0 Å². The van der Waals surface area contributed by atoms with E-state index in [9.17, 15) is 0 Å². The van der Waals surface area contributed by atoms with Crippen LogP contribution in [0.5, 0.6) is 5.75 Å². The minimum absolute atomic E-state index is 0.562. The van der Waals surface area contributed by atoms with Crippen LogP contribution in [0.15, 0.2) is 36.4 Å². The van der Waals surface area contributed by atoms with E-state index in [1.54, 1.807) is 0 Å². The maximum atomic E-state index is 5.92. The van der Waals surface area contributed by atoms with E-state index >= 15 is 0 Å². The molecule has 0 aromatic heterocycles. The molecule has 25 heavy (non-hydrogen) atoms. The number of ether oxygens (including phenoxy) is 1. The highest BCUT2D eigenvalue weighted by Gasteiger charge is 2.00. The van der Waals surface area contributed by atoms with Crippen molar-refractivity contribution in [2.45, 2.75) is 77.0 Å². The molecule has 2 rings (SSSR count). The van der Waals surface area contributed by atoms with E-state index in [1.807, 2.05) is 0 Å². The SMILES string of the molecule is CCCCCCCCCCCCOc1ccc2cc(CCl)ccc2c1. The van der Waals surface area contributed by atoms with Gasteiger partial charge in [-0.1, -0.05) is 82.9 Å². The van der Waals surface area contributed by atoms with E-state index in [1.165, 1.54) is 68.6 Å². The Morgan fingerprint density at radius 3 is 2.00 bits per heavy atom. The average molecular weight is 361 g/mol. The fourth-order valence-corrected chi connectivity index (χ4v) is 3.39. The fraction of sp³-hybridized carbons (Fsp3) is 0.565. The van der Waals surface area contributed by atoms with E-state index in [0.717, 1.165) is 24.3 Å². The third-order valence-corrected chi connectivity index (χ3v) is 5.11. The molecular weight excluding hydrogens is 328 g/mol. The normalized spacial score (nSPS) is 11.1. The lowest BCUT2D eigenvalue weighted by atomic mass is 10.1. The van der Waals surface area contributed by atoms with Crippen LogP contribution in [0.2, 0.25) is 0 Å². The number of hydrogen-bond acceptors (Lipinski definition) is 1. The molecule has 0 bridgehead atoms. The van der Waals surface area contributed by atoms with Gasteiger partial charge in [0.1, 0.15) is 5.75 Å². The lowest BCUT2D eigenvalue weighted by molar-refractivity contribution is 0.304. The van der Waals surface area contributed by atoms with E-state index in [2.05, 4.69) is 43.3 Å². The lowest BCUT2D eigenvalue weighted by Crippen LogP contribution is -1.97. The largest absolute Gasteiger partial charge is 0.494 e. The first-order valence-electron chi connectivity index (χ1n) is 10.0. The molecule has 0 aliphatic carbocycles. The Kier molecular flexibility index (Phi) is 9.81. The minimum atomic E-state index is 0.562. The number of halogens is 1. The molecule has 0 amide bonds. The van der Waals surface area contributed by atoms with E-state index in [4.69, 9.17) is 16.3 Å². The maximum Gasteiger partial charge on any atom is 0.119 e. The van der Waals surface area contributed by atoms with Crippen molar-refractivity contribution in [3.63, 3.8) is 0 Å². The highest BCUT2D eigenvalue weighted by molar-refractivity contribution is 6.17. The van der Waals surface area contributed by atoms with Crippen molar-refractivity contribution in [3.05, 3.63) is 42.0 Å². The molecule has 2 aromatic carbocycles. The third-order valence-electron chi connectivity index (χ3n) is 4.80. The Balaban J connectivity index is 1.57. The molecular formula is C23H33ClO. The Hall–Kier alpha value is -1.21. The third kappa shape index (κ3) is 7.69. The zero-order chi connectivity index (χ0) is 17.7. The highest BCUT2D eigenvalue weighted by atomic mass is 35.5. The molecule has 0 atom stereocenters. The summed E-state index contributed by atoms with van der Waals surface area (Å²) in [5.41, 5.74) is 1.16. The van der Waals surface area contributed by atoms with Crippen LogP contribution in [0, 0.1) is 0 Å². The summed E-state index contributed by atoms with van der Waals surface area (Å²) in [6.07, 6.45) is 13.6. The summed E-state index contributed by atoms with van der Waals surface area (Å²) in [4.78, 5) is 0. The first kappa shape index (κ1) is 20.1. The molecule has 0 aliphatic heterocycles. The summed E-state index contributed by atoms with van der Waals surface area (Å²) in [6.45, 7) is 3.10. The van der Waals surface area contributed by atoms with Gasteiger partial charge in [0, 0.05) is 5.88 Å². The van der Waals surface area contributed by atoms with E-state index in [0.29, 0.717) is 5.88 Å². The molecule has 0 heterocycles. The highest BCUT2D eigenvalue weighted by Crippen LogP contribution is 2.23. The van der Waals surface area contributed by atoms with Gasteiger partial charge in [0.05, 0.1) is 6.61 Å². The second-order valence-electron chi connectivity index (χ2n) is 7.01. The zero-order valence-corrected chi connectivity index (χ0v) is 16.5. The molecule has 0 unspecified atom stereocenters. The van der Waals surface area contributed by atoms with Gasteiger partial charge in [-0.25, -0.2) is 0 Å². The standard InChI is InChI=1S/C23H33ClO/c1-2-3-4-5-6-7-8-9-10-11-16-25-23-15-14-21-17-20(19-24)12-13-22(21)18-23/h12-15,17-18H,2-11,16,19H2,1H3. The molecule has 0 N–H and O–H groups in total. The van der Waals surface area contributed by atoms with Crippen LogP contribution in [0.3, 0.4) is 0 Å². The van der Waals surface area contributed by atoms with Crippen LogP contribution in [-0.4, -0.2) is 6.61 Å². The van der Waals surface area contributed by atoms with Gasteiger partial charge >= 0.3 is 0 Å². The average Bonchev–Trinajstić information content (AvgIpc) is 2.65. The van der Waals surface area contributed by atoms with Crippen molar-refractivity contribution >= 4 is 22.4 Å². The fourth-order valence-electron chi connectivity index (χ4n) is 3.23. The second-order valence-corrected chi connectivity index (χ2v) is 7.27. The van der Waals surface area contributed by atoms with Crippen LogP contribution >= 0.6 is 11.6 Å². The number of alkyl halides is 1. The van der Waals surface area contributed by atoms with Crippen molar-refractivity contribution < 1.29 is 4.74 Å². The number of fused-ring (bicyclic) bond motifs is 1. The van der Waals surface area contributed by atoms with Gasteiger partial charge in [0.15, 0.2) is 0 Å². The number of unbranched alkanes of at least 4 members (excludes halogenated alkanes) is 9. The van der Waals surface area contributed by atoms with Crippen molar-refractivity contribution in [3.8, 4) is 5.75 Å². The number of benzene rings is 2. The van der Waals surface area contributed by atoms with Crippen LogP contribution in [0.4, 0.5) is 0 Å². The van der Waals surface area contributed by atoms with Crippen LogP contribution in [0.25, 0.3) is 10.8 Å².